The molecule has 136 valence electrons. The molecule has 0 aliphatic carbocycles. The summed E-state index contributed by atoms with van der Waals surface area (Å²) in [5, 5.41) is 10.2. The highest BCUT2D eigenvalue weighted by molar-refractivity contribution is 5.95. The summed E-state index contributed by atoms with van der Waals surface area (Å²) < 4.78 is 0. The molecule has 27 heavy (non-hydrogen) atoms. The van der Waals surface area contributed by atoms with Crippen LogP contribution >= 0.6 is 0 Å². The van der Waals surface area contributed by atoms with E-state index in [-0.39, 0.29) is 0 Å². The van der Waals surface area contributed by atoms with Gasteiger partial charge in [0.05, 0.1) is 5.52 Å². The lowest BCUT2D eigenvalue weighted by Gasteiger charge is -2.33. The molecule has 0 saturated carbocycles. The zero-order valence-electron chi connectivity index (χ0n) is 15.9. The zero-order valence-corrected chi connectivity index (χ0v) is 15.9. The quantitative estimate of drug-likeness (QED) is 0.715. The van der Waals surface area contributed by atoms with Crippen molar-refractivity contribution in [1.82, 2.24) is 14.8 Å². The van der Waals surface area contributed by atoms with E-state index >= 15 is 0 Å². The van der Waals surface area contributed by atoms with Gasteiger partial charge in [0.25, 0.3) is 0 Å². The number of aryl methyl sites for hydroxylation is 1. The van der Waals surface area contributed by atoms with Gasteiger partial charge >= 0.3 is 0 Å². The first-order valence-electron chi connectivity index (χ1n) is 9.45. The van der Waals surface area contributed by atoms with Gasteiger partial charge in [0.15, 0.2) is 0 Å². The van der Waals surface area contributed by atoms with E-state index in [1.54, 1.807) is 0 Å². The van der Waals surface area contributed by atoms with Crippen LogP contribution in [-0.4, -0.2) is 48.0 Å². The van der Waals surface area contributed by atoms with Gasteiger partial charge in [0, 0.05) is 38.1 Å². The molecule has 1 aliphatic heterocycles. The van der Waals surface area contributed by atoms with Crippen LogP contribution in [0.3, 0.4) is 0 Å². The highest BCUT2D eigenvalue weighted by atomic mass is 15.2. The van der Waals surface area contributed by atoms with Gasteiger partial charge in [-0.05, 0) is 54.4 Å². The number of hydrogen-bond donors (Lipinski definition) is 0. The number of likely N-dealkylation sites (N-methyl/N-ethyl adjacent to an activating group) is 1. The van der Waals surface area contributed by atoms with Crippen LogP contribution in [0.15, 0.2) is 48.5 Å². The van der Waals surface area contributed by atoms with Gasteiger partial charge in [-0.3, -0.25) is 4.90 Å². The first-order chi connectivity index (χ1) is 13.2. The average Bonchev–Trinajstić information content (AvgIpc) is 2.70. The Hall–Kier alpha value is -2.74. The SMILES string of the molecule is Cc1cccc(-c2cccc3nc(C#N)ccc23)c1CN1CCN(C)CC1. The maximum atomic E-state index is 9.14. The third-order valence-electron chi connectivity index (χ3n) is 5.52. The van der Waals surface area contributed by atoms with Crippen molar-refractivity contribution in [2.75, 3.05) is 33.2 Å². The Morgan fingerprint density at radius 2 is 1.70 bits per heavy atom. The molecule has 0 bridgehead atoms. The average molecular weight is 356 g/mol. The summed E-state index contributed by atoms with van der Waals surface area (Å²) in [6.45, 7) is 7.62. The van der Waals surface area contributed by atoms with E-state index in [9.17, 15) is 0 Å². The normalized spacial score (nSPS) is 15.7. The summed E-state index contributed by atoms with van der Waals surface area (Å²) in [4.78, 5) is 9.41. The Morgan fingerprint density at radius 3 is 2.48 bits per heavy atom. The van der Waals surface area contributed by atoms with E-state index in [1.807, 2.05) is 24.3 Å². The molecule has 4 nitrogen and oxygen atoms in total. The number of rotatable bonds is 3. The van der Waals surface area contributed by atoms with Crippen LogP contribution in [0.2, 0.25) is 0 Å². The molecule has 1 aromatic heterocycles. The second-order valence-corrected chi connectivity index (χ2v) is 7.36. The van der Waals surface area contributed by atoms with Gasteiger partial charge in [-0.1, -0.05) is 30.3 Å². The minimum Gasteiger partial charge on any atom is -0.304 e. The summed E-state index contributed by atoms with van der Waals surface area (Å²) in [6, 6.07) is 18.7. The Balaban J connectivity index is 1.77. The van der Waals surface area contributed by atoms with E-state index in [1.165, 1.54) is 22.3 Å². The predicted octanol–water partition coefficient (Wildman–Crippen LogP) is 3.83. The number of hydrogen-bond acceptors (Lipinski definition) is 4. The Bertz CT molecular complexity index is 1010. The second-order valence-electron chi connectivity index (χ2n) is 7.36. The molecule has 0 unspecified atom stereocenters. The lowest BCUT2D eigenvalue weighted by atomic mass is 9.93. The van der Waals surface area contributed by atoms with Crippen molar-refractivity contribution in [1.29, 1.82) is 5.26 Å². The Kier molecular flexibility index (Phi) is 4.89. The number of pyridine rings is 1. The van der Waals surface area contributed by atoms with Crippen molar-refractivity contribution in [2.45, 2.75) is 13.5 Å². The van der Waals surface area contributed by atoms with E-state index in [2.05, 4.69) is 59.1 Å². The highest BCUT2D eigenvalue weighted by Crippen LogP contribution is 2.33. The topological polar surface area (TPSA) is 43.2 Å². The highest BCUT2D eigenvalue weighted by Gasteiger charge is 2.18. The van der Waals surface area contributed by atoms with Crippen LogP contribution in [0.25, 0.3) is 22.0 Å². The fourth-order valence-corrected chi connectivity index (χ4v) is 3.85. The minimum atomic E-state index is 0.460. The molecule has 0 amide bonds. The minimum absolute atomic E-state index is 0.460. The van der Waals surface area contributed by atoms with Crippen LogP contribution in [0, 0.1) is 18.3 Å². The maximum absolute atomic E-state index is 9.14. The number of benzene rings is 2. The first kappa shape index (κ1) is 17.7. The standard InChI is InChI=1S/C23H24N4/c1-17-5-3-6-20(22(17)16-27-13-11-26(2)12-14-27)19-7-4-8-23-21(19)10-9-18(15-24)25-23/h3-10H,11-14,16H2,1-2H3. The van der Waals surface area contributed by atoms with Crippen LogP contribution in [0.1, 0.15) is 16.8 Å². The summed E-state index contributed by atoms with van der Waals surface area (Å²) in [5.41, 5.74) is 6.51. The van der Waals surface area contributed by atoms with E-state index in [0.29, 0.717) is 5.69 Å². The molecule has 2 aromatic carbocycles. The van der Waals surface area contributed by atoms with Crippen LogP contribution in [0.4, 0.5) is 0 Å². The smallest absolute Gasteiger partial charge is 0.141 e. The van der Waals surface area contributed by atoms with Gasteiger partial charge in [-0.2, -0.15) is 5.26 Å². The van der Waals surface area contributed by atoms with Gasteiger partial charge in [-0.15, -0.1) is 0 Å². The summed E-state index contributed by atoms with van der Waals surface area (Å²) in [7, 11) is 2.19. The molecule has 1 fully saturated rings. The number of aromatic nitrogens is 1. The molecule has 0 atom stereocenters. The van der Waals surface area contributed by atoms with Crippen LogP contribution in [-0.2, 0) is 6.54 Å². The van der Waals surface area contributed by atoms with E-state index in [0.717, 1.165) is 43.6 Å². The molecular weight excluding hydrogens is 332 g/mol. The lowest BCUT2D eigenvalue weighted by molar-refractivity contribution is 0.148. The molecule has 1 saturated heterocycles. The first-order valence-corrected chi connectivity index (χ1v) is 9.45. The Labute approximate surface area is 160 Å². The third kappa shape index (κ3) is 3.57. The molecule has 0 spiro atoms. The van der Waals surface area contributed by atoms with Gasteiger partial charge in [0.2, 0.25) is 0 Å². The van der Waals surface area contributed by atoms with Crippen molar-refractivity contribution in [3.8, 4) is 17.2 Å². The third-order valence-corrected chi connectivity index (χ3v) is 5.52. The van der Waals surface area contributed by atoms with Crippen molar-refractivity contribution in [2.24, 2.45) is 0 Å². The van der Waals surface area contributed by atoms with Gasteiger partial charge in [0.1, 0.15) is 11.8 Å². The van der Waals surface area contributed by atoms with Crippen molar-refractivity contribution in [3.63, 3.8) is 0 Å². The molecule has 4 heteroatoms. The molecule has 2 heterocycles. The molecule has 4 rings (SSSR count). The molecule has 3 aromatic rings. The Morgan fingerprint density at radius 1 is 0.963 bits per heavy atom. The molecular formula is C23H24N4. The van der Waals surface area contributed by atoms with Crippen LogP contribution < -0.4 is 0 Å². The number of nitriles is 1. The fourth-order valence-electron chi connectivity index (χ4n) is 3.85. The molecule has 0 radical (unpaired) electrons. The zero-order chi connectivity index (χ0) is 18.8. The fraction of sp³-hybridized carbons (Fsp3) is 0.304. The second kappa shape index (κ2) is 7.48. The summed E-state index contributed by atoms with van der Waals surface area (Å²) in [6.07, 6.45) is 0. The van der Waals surface area contributed by atoms with Crippen LogP contribution in [0.5, 0.6) is 0 Å². The lowest BCUT2D eigenvalue weighted by Crippen LogP contribution is -2.44. The monoisotopic (exact) mass is 356 g/mol. The summed E-state index contributed by atoms with van der Waals surface area (Å²) >= 11 is 0. The van der Waals surface area contributed by atoms with Crippen molar-refractivity contribution < 1.29 is 0 Å². The van der Waals surface area contributed by atoms with E-state index < -0.39 is 0 Å². The van der Waals surface area contributed by atoms with Gasteiger partial charge < -0.3 is 4.90 Å². The number of nitrogens with zero attached hydrogens (tertiary/aromatic N) is 4. The van der Waals surface area contributed by atoms with E-state index in [4.69, 9.17) is 5.26 Å². The largest absolute Gasteiger partial charge is 0.304 e. The maximum Gasteiger partial charge on any atom is 0.141 e. The van der Waals surface area contributed by atoms with Gasteiger partial charge in [-0.25, -0.2) is 4.98 Å². The van der Waals surface area contributed by atoms with Crippen molar-refractivity contribution >= 4 is 10.9 Å². The molecule has 0 N–H and O–H groups in total. The predicted molar refractivity (Wildman–Crippen MR) is 109 cm³/mol. The number of fused-ring (bicyclic) bond motifs is 1. The molecule has 1 aliphatic rings. The summed E-state index contributed by atoms with van der Waals surface area (Å²) in [5.74, 6) is 0. The van der Waals surface area contributed by atoms with Crippen molar-refractivity contribution in [3.05, 3.63) is 65.4 Å². The number of piperazine rings is 1.